The highest BCUT2D eigenvalue weighted by molar-refractivity contribution is 5.61. The van der Waals surface area contributed by atoms with Crippen LogP contribution in [0.15, 0.2) is 12.1 Å². The first kappa shape index (κ1) is 16.8. The number of ether oxygens (including phenoxy) is 4. The Morgan fingerprint density at radius 3 is 2.73 bits per heavy atom. The molecule has 0 radical (unpaired) electrons. The van der Waals surface area contributed by atoms with Gasteiger partial charge in [0.1, 0.15) is 0 Å². The van der Waals surface area contributed by atoms with E-state index in [0.717, 1.165) is 37.3 Å². The second-order valence-electron chi connectivity index (χ2n) is 8.32. The average Bonchev–Trinajstić information content (AvgIpc) is 3.26. The molecule has 4 atom stereocenters. The summed E-state index contributed by atoms with van der Waals surface area (Å²) in [4.78, 5) is 2.52. The molecule has 0 saturated carbocycles. The lowest BCUT2D eigenvalue weighted by molar-refractivity contribution is -0.236. The highest BCUT2D eigenvalue weighted by atomic mass is 16.8. The van der Waals surface area contributed by atoms with Gasteiger partial charge in [0.05, 0.1) is 20.3 Å². The lowest BCUT2D eigenvalue weighted by Crippen LogP contribution is -2.66. The van der Waals surface area contributed by atoms with Crippen LogP contribution in [0.25, 0.3) is 0 Å². The van der Waals surface area contributed by atoms with E-state index >= 15 is 0 Å². The van der Waals surface area contributed by atoms with Crippen molar-refractivity contribution in [2.75, 3.05) is 33.9 Å². The first-order chi connectivity index (χ1) is 12.6. The molecular weight excluding hydrogens is 330 g/mol. The zero-order valence-corrected chi connectivity index (χ0v) is 16.2. The van der Waals surface area contributed by atoms with Crippen molar-refractivity contribution in [2.45, 2.75) is 56.5 Å². The van der Waals surface area contributed by atoms with Crippen molar-refractivity contribution in [3.63, 3.8) is 0 Å². The van der Waals surface area contributed by atoms with Gasteiger partial charge in [-0.25, -0.2) is 0 Å². The normalized spacial score (nSPS) is 37.3. The van der Waals surface area contributed by atoms with Gasteiger partial charge < -0.3 is 23.8 Å². The van der Waals surface area contributed by atoms with E-state index in [1.807, 2.05) is 0 Å². The van der Waals surface area contributed by atoms with E-state index in [4.69, 9.17) is 18.9 Å². The fourth-order valence-electron chi connectivity index (χ4n) is 6.17. The highest BCUT2D eigenvalue weighted by Gasteiger charge is 2.67. The SMILES string of the molecule is CCC1([C@@H]2Oc3c(OC)ccc4c3[C@@]23CCN(C)[C@H](C4)C3C)OCCO1. The summed E-state index contributed by atoms with van der Waals surface area (Å²) in [6.45, 7) is 6.90. The van der Waals surface area contributed by atoms with Crippen LogP contribution in [-0.4, -0.2) is 56.7 Å². The molecule has 0 amide bonds. The van der Waals surface area contributed by atoms with Crippen LogP contribution < -0.4 is 9.47 Å². The number of fused-ring (bicyclic) bond motifs is 1. The minimum absolute atomic E-state index is 0.0744. The number of hydrogen-bond acceptors (Lipinski definition) is 5. The Morgan fingerprint density at radius 1 is 1.27 bits per heavy atom. The Balaban J connectivity index is 1.75. The fraction of sp³-hybridized carbons (Fsp3) is 0.714. The summed E-state index contributed by atoms with van der Waals surface area (Å²) in [6, 6.07) is 4.83. The summed E-state index contributed by atoms with van der Waals surface area (Å²) in [5.41, 5.74) is 2.70. The van der Waals surface area contributed by atoms with Crippen LogP contribution in [0.2, 0.25) is 0 Å². The molecular formula is C21H29NO4. The van der Waals surface area contributed by atoms with Crippen LogP contribution >= 0.6 is 0 Å². The Hall–Kier alpha value is -1.30. The molecule has 4 aliphatic rings. The molecule has 1 aliphatic carbocycles. The predicted octanol–water partition coefficient (Wildman–Crippen LogP) is 2.74. The van der Waals surface area contributed by atoms with Crippen molar-refractivity contribution >= 4 is 0 Å². The molecule has 142 valence electrons. The van der Waals surface area contributed by atoms with E-state index in [-0.39, 0.29) is 11.5 Å². The van der Waals surface area contributed by atoms with Gasteiger partial charge in [0.2, 0.25) is 5.79 Å². The molecule has 2 fully saturated rings. The number of hydrogen-bond donors (Lipinski definition) is 0. The quantitative estimate of drug-likeness (QED) is 0.830. The molecule has 26 heavy (non-hydrogen) atoms. The van der Waals surface area contributed by atoms with Gasteiger partial charge in [-0.15, -0.1) is 0 Å². The second-order valence-corrected chi connectivity index (χ2v) is 8.32. The predicted molar refractivity (Wildman–Crippen MR) is 97.9 cm³/mol. The van der Waals surface area contributed by atoms with Crippen molar-refractivity contribution in [1.82, 2.24) is 4.90 Å². The molecule has 5 rings (SSSR count). The topological polar surface area (TPSA) is 40.2 Å². The molecule has 3 aliphatic heterocycles. The maximum Gasteiger partial charge on any atom is 0.206 e. The zero-order chi connectivity index (χ0) is 18.1. The molecule has 1 spiro atoms. The first-order valence-corrected chi connectivity index (χ1v) is 9.92. The monoisotopic (exact) mass is 359 g/mol. The standard InChI is InChI=1S/C21H29NO4/c1-5-21(24-10-11-25-21)19-20-8-9-22(3)15(13(20)2)12-14-6-7-16(23-4)18(26-19)17(14)20/h6-7,13,15,19H,5,8-12H2,1-4H3/t13?,15-,19-,20+/m1/s1. The zero-order valence-electron chi connectivity index (χ0n) is 16.2. The Kier molecular flexibility index (Phi) is 3.63. The molecule has 1 aromatic carbocycles. The second kappa shape index (κ2) is 5.60. The third-order valence-corrected chi connectivity index (χ3v) is 7.53. The van der Waals surface area contributed by atoms with E-state index in [2.05, 4.69) is 37.9 Å². The third kappa shape index (κ3) is 1.87. The molecule has 3 heterocycles. The van der Waals surface area contributed by atoms with Crippen LogP contribution in [0, 0.1) is 5.92 Å². The minimum atomic E-state index is -0.659. The molecule has 0 aromatic heterocycles. The molecule has 5 nitrogen and oxygen atoms in total. The maximum absolute atomic E-state index is 6.72. The van der Waals surface area contributed by atoms with E-state index in [1.165, 1.54) is 11.1 Å². The van der Waals surface area contributed by atoms with Crippen LogP contribution in [0.4, 0.5) is 0 Å². The molecule has 1 aromatic rings. The van der Waals surface area contributed by atoms with Gasteiger partial charge in [-0.2, -0.15) is 0 Å². The lowest BCUT2D eigenvalue weighted by Gasteiger charge is -2.56. The molecule has 2 saturated heterocycles. The molecule has 2 bridgehead atoms. The van der Waals surface area contributed by atoms with Gasteiger partial charge in [-0.1, -0.05) is 19.9 Å². The number of likely N-dealkylation sites (N-methyl/N-ethyl adjacent to an activating group) is 1. The summed E-state index contributed by atoms with van der Waals surface area (Å²) >= 11 is 0. The number of nitrogens with zero attached hydrogens (tertiary/aromatic N) is 1. The van der Waals surface area contributed by atoms with Crippen molar-refractivity contribution < 1.29 is 18.9 Å². The van der Waals surface area contributed by atoms with Crippen LogP contribution in [-0.2, 0) is 21.3 Å². The Bertz CT molecular complexity index is 729. The van der Waals surface area contributed by atoms with Gasteiger partial charge in [0.15, 0.2) is 17.6 Å². The fourth-order valence-corrected chi connectivity index (χ4v) is 6.17. The Morgan fingerprint density at radius 2 is 2.04 bits per heavy atom. The largest absolute Gasteiger partial charge is 0.493 e. The van der Waals surface area contributed by atoms with Gasteiger partial charge >= 0.3 is 0 Å². The summed E-state index contributed by atoms with van der Waals surface area (Å²) in [5, 5.41) is 0. The maximum atomic E-state index is 6.72. The number of likely N-dealkylation sites (tertiary alicyclic amines) is 1. The molecule has 0 N–H and O–H groups in total. The summed E-state index contributed by atoms with van der Waals surface area (Å²) in [7, 11) is 3.98. The van der Waals surface area contributed by atoms with Gasteiger partial charge in [-0.05, 0) is 44.0 Å². The minimum Gasteiger partial charge on any atom is -0.493 e. The van der Waals surface area contributed by atoms with Gasteiger partial charge in [0.25, 0.3) is 0 Å². The highest BCUT2D eigenvalue weighted by Crippen LogP contribution is 2.62. The lowest BCUT2D eigenvalue weighted by atomic mass is 9.55. The summed E-state index contributed by atoms with van der Waals surface area (Å²) in [6.07, 6.45) is 2.80. The van der Waals surface area contributed by atoms with Crippen molar-refractivity contribution in [3.05, 3.63) is 23.3 Å². The van der Waals surface area contributed by atoms with E-state index in [9.17, 15) is 0 Å². The van der Waals surface area contributed by atoms with Gasteiger partial charge in [-0.3, -0.25) is 0 Å². The smallest absolute Gasteiger partial charge is 0.206 e. The van der Waals surface area contributed by atoms with E-state index in [1.54, 1.807) is 7.11 Å². The summed E-state index contributed by atoms with van der Waals surface area (Å²) in [5.74, 6) is 1.58. The van der Waals surface area contributed by atoms with E-state index in [0.29, 0.717) is 25.2 Å². The number of benzene rings is 1. The Labute approximate surface area is 155 Å². The van der Waals surface area contributed by atoms with Crippen LogP contribution in [0.5, 0.6) is 11.5 Å². The van der Waals surface area contributed by atoms with Crippen LogP contribution in [0.1, 0.15) is 37.8 Å². The number of rotatable bonds is 3. The number of methoxy groups -OCH3 is 1. The average molecular weight is 359 g/mol. The molecule has 5 heteroatoms. The third-order valence-electron chi connectivity index (χ3n) is 7.53. The first-order valence-electron chi connectivity index (χ1n) is 9.92. The van der Waals surface area contributed by atoms with Crippen molar-refractivity contribution in [2.24, 2.45) is 5.92 Å². The van der Waals surface area contributed by atoms with Crippen molar-refractivity contribution in [3.8, 4) is 11.5 Å². The van der Waals surface area contributed by atoms with E-state index < -0.39 is 5.79 Å². The molecule has 1 unspecified atom stereocenters. The van der Waals surface area contributed by atoms with Crippen LogP contribution in [0.3, 0.4) is 0 Å². The number of piperidine rings is 1. The van der Waals surface area contributed by atoms with Crippen molar-refractivity contribution in [1.29, 1.82) is 0 Å². The summed E-state index contributed by atoms with van der Waals surface area (Å²) < 4.78 is 24.9. The van der Waals surface area contributed by atoms with Gasteiger partial charge in [0, 0.05) is 23.4 Å².